The maximum absolute atomic E-state index is 13.2. The molecule has 0 bridgehead atoms. The number of hydrogen-bond acceptors (Lipinski definition) is 6. The molecule has 12 heteroatoms. The van der Waals surface area contributed by atoms with Crippen LogP contribution < -0.4 is 16.0 Å². The third-order valence-corrected chi connectivity index (χ3v) is 5.40. The van der Waals surface area contributed by atoms with Gasteiger partial charge in [-0.15, -0.1) is 0 Å². The molecule has 0 saturated carbocycles. The van der Waals surface area contributed by atoms with Gasteiger partial charge >= 0.3 is 12.3 Å². The van der Waals surface area contributed by atoms with E-state index in [-0.39, 0.29) is 18.1 Å². The molecule has 0 unspecified atom stereocenters. The molecule has 35 heavy (non-hydrogen) atoms. The molecule has 182 valence electrons. The zero-order chi connectivity index (χ0) is 25.2. The summed E-state index contributed by atoms with van der Waals surface area (Å²) in [6.45, 7) is 2.10. The molecule has 3 aromatic rings. The van der Waals surface area contributed by atoms with Gasteiger partial charge in [-0.1, -0.05) is 6.07 Å². The van der Waals surface area contributed by atoms with Gasteiger partial charge in [0.15, 0.2) is 0 Å². The van der Waals surface area contributed by atoms with E-state index in [2.05, 4.69) is 30.9 Å². The fourth-order valence-corrected chi connectivity index (χ4v) is 3.68. The van der Waals surface area contributed by atoms with E-state index in [9.17, 15) is 22.8 Å². The van der Waals surface area contributed by atoms with E-state index in [1.807, 2.05) is 6.07 Å². The Labute approximate surface area is 197 Å². The Morgan fingerprint density at radius 3 is 2.74 bits per heavy atom. The Bertz CT molecular complexity index is 1300. The summed E-state index contributed by atoms with van der Waals surface area (Å²) in [7, 11) is 0. The third-order valence-electron chi connectivity index (χ3n) is 5.40. The van der Waals surface area contributed by atoms with Gasteiger partial charge in [0.1, 0.15) is 0 Å². The number of rotatable bonds is 6. The monoisotopic (exact) mass is 486 g/mol. The quantitative estimate of drug-likeness (QED) is 0.382. The second-order valence-corrected chi connectivity index (χ2v) is 7.99. The maximum atomic E-state index is 13.2. The van der Waals surface area contributed by atoms with Gasteiger partial charge in [-0.25, -0.2) is 14.8 Å². The average Bonchev–Trinajstić information content (AvgIpc) is 2.92. The first-order valence-corrected chi connectivity index (χ1v) is 10.7. The van der Waals surface area contributed by atoms with Crippen molar-refractivity contribution in [2.45, 2.75) is 32.4 Å². The molecule has 0 atom stereocenters. The number of carbonyl (C=O) groups excluding carboxylic acids is 1. The maximum Gasteiger partial charge on any atom is 0.416 e. The van der Waals surface area contributed by atoms with Crippen molar-refractivity contribution in [2.75, 3.05) is 17.2 Å². The summed E-state index contributed by atoms with van der Waals surface area (Å²) in [6, 6.07) is 4.99. The third kappa shape index (κ3) is 5.65. The fourth-order valence-electron chi connectivity index (χ4n) is 3.68. The van der Waals surface area contributed by atoms with E-state index in [0.717, 1.165) is 17.7 Å². The van der Waals surface area contributed by atoms with Crippen LogP contribution in [0.25, 0.3) is 11.3 Å². The first kappa shape index (κ1) is 23.9. The van der Waals surface area contributed by atoms with Crippen molar-refractivity contribution in [3.8, 4) is 11.3 Å². The highest BCUT2D eigenvalue weighted by Gasteiger charge is 2.32. The molecule has 2 aromatic heterocycles. The molecule has 0 spiro atoms. The van der Waals surface area contributed by atoms with Crippen molar-refractivity contribution in [1.29, 1.82) is 0 Å². The number of aryl methyl sites for hydroxylation is 2. The molecule has 4 rings (SSSR count). The lowest BCUT2D eigenvalue weighted by molar-refractivity contribution is -0.137. The predicted molar refractivity (Wildman–Crippen MR) is 121 cm³/mol. The summed E-state index contributed by atoms with van der Waals surface area (Å²) in [5.74, 6) is -0.266. The Hall–Kier alpha value is -4.22. The van der Waals surface area contributed by atoms with E-state index in [1.165, 1.54) is 12.3 Å². The number of hydrogen-bond donors (Lipinski definition) is 4. The number of pyridine rings is 1. The molecule has 1 aromatic carbocycles. The molecule has 2 amide bonds. The van der Waals surface area contributed by atoms with E-state index >= 15 is 0 Å². The van der Waals surface area contributed by atoms with Crippen molar-refractivity contribution >= 4 is 29.3 Å². The Kier molecular flexibility index (Phi) is 6.54. The molecule has 9 nitrogen and oxygen atoms in total. The molecule has 0 radical (unpaired) electrons. The van der Waals surface area contributed by atoms with Crippen molar-refractivity contribution in [1.82, 2.24) is 20.3 Å². The molecule has 3 heterocycles. The highest BCUT2D eigenvalue weighted by atomic mass is 19.4. The van der Waals surface area contributed by atoms with Crippen LogP contribution in [0.3, 0.4) is 0 Å². The number of aromatic nitrogens is 3. The number of alkyl halides is 3. The van der Waals surface area contributed by atoms with Gasteiger partial charge in [0.2, 0.25) is 11.9 Å². The van der Waals surface area contributed by atoms with Crippen molar-refractivity contribution in [2.24, 2.45) is 0 Å². The summed E-state index contributed by atoms with van der Waals surface area (Å²) in [6.07, 6.45) is -1.35. The second-order valence-electron chi connectivity index (χ2n) is 7.99. The van der Waals surface area contributed by atoms with Gasteiger partial charge in [0, 0.05) is 30.1 Å². The Morgan fingerprint density at radius 2 is 2.00 bits per heavy atom. The van der Waals surface area contributed by atoms with Crippen LogP contribution in [0.2, 0.25) is 0 Å². The van der Waals surface area contributed by atoms with Gasteiger partial charge < -0.3 is 21.1 Å². The fraction of sp³-hybridized carbons (Fsp3) is 0.261. The Balaban J connectivity index is 1.62. The van der Waals surface area contributed by atoms with Crippen LogP contribution in [0.1, 0.15) is 28.8 Å². The summed E-state index contributed by atoms with van der Waals surface area (Å²) in [5.41, 5.74) is 2.53. The van der Waals surface area contributed by atoms with E-state index in [0.29, 0.717) is 47.6 Å². The van der Waals surface area contributed by atoms with Crippen LogP contribution in [-0.4, -0.2) is 38.6 Å². The number of benzene rings is 1. The molecule has 4 N–H and O–H groups in total. The number of halogens is 3. The van der Waals surface area contributed by atoms with Crippen LogP contribution >= 0.6 is 0 Å². The second kappa shape index (κ2) is 9.57. The lowest BCUT2D eigenvalue weighted by Crippen LogP contribution is -2.22. The Morgan fingerprint density at radius 1 is 1.20 bits per heavy atom. The highest BCUT2D eigenvalue weighted by molar-refractivity contribution is 6.00. The van der Waals surface area contributed by atoms with Crippen molar-refractivity contribution in [3.63, 3.8) is 0 Å². The minimum atomic E-state index is -4.55. The van der Waals surface area contributed by atoms with E-state index in [4.69, 9.17) is 5.11 Å². The number of nitrogens with one attached hydrogen (secondary N) is 3. The summed E-state index contributed by atoms with van der Waals surface area (Å²) in [4.78, 5) is 36.0. The average molecular weight is 486 g/mol. The zero-order valence-corrected chi connectivity index (χ0v) is 18.5. The van der Waals surface area contributed by atoms with Crippen LogP contribution in [-0.2, 0) is 23.8 Å². The summed E-state index contributed by atoms with van der Waals surface area (Å²) in [5, 5.41) is 16.6. The van der Waals surface area contributed by atoms with E-state index < -0.39 is 23.7 Å². The molecule has 0 saturated heterocycles. The molecule has 0 fully saturated rings. The lowest BCUT2D eigenvalue weighted by Gasteiger charge is -2.14. The van der Waals surface area contributed by atoms with Crippen LogP contribution in [0.15, 0.2) is 36.7 Å². The normalized spacial score (nSPS) is 12.7. The van der Waals surface area contributed by atoms with Gasteiger partial charge in [-0.05, 0) is 43.5 Å². The van der Waals surface area contributed by atoms with Gasteiger partial charge in [-0.3, -0.25) is 9.78 Å². The zero-order valence-electron chi connectivity index (χ0n) is 18.5. The standard InChI is InChI=1S/C23H21F3N6O3/c1-12-17(7-13(10-28-12)3-2-6-27-22(34)35)31-21-29-11-14-8-19(33)30-18-9-15(23(24,25)26)4-5-16(18)20(14)32-21/h4-5,7,9-11,27H,2-3,6,8H2,1H3,(H,30,33)(H,34,35)(H,29,31,32). The largest absolute Gasteiger partial charge is 0.465 e. The van der Waals surface area contributed by atoms with Gasteiger partial charge in [-0.2, -0.15) is 13.2 Å². The highest BCUT2D eigenvalue weighted by Crippen LogP contribution is 2.38. The van der Waals surface area contributed by atoms with E-state index in [1.54, 1.807) is 13.1 Å². The molecular formula is C23H21F3N6O3. The first-order chi connectivity index (χ1) is 16.6. The van der Waals surface area contributed by atoms with Crippen molar-refractivity contribution in [3.05, 3.63) is 59.0 Å². The molecule has 1 aliphatic rings. The molecule has 0 aliphatic carbocycles. The minimum Gasteiger partial charge on any atom is -0.465 e. The molecular weight excluding hydrogens is 465 g/mol. The van der Waals surface area contributed by atoms with Crippen LogP contribution in [0.5, 0.6) is 0 Å². The minimum absolute atomic E-state index is 0.0306. The van der Waals surface area contributed by atoms with Gasteiger partial charge in [0.05, 0.1) is 34.7 Å². The number of carbonyl (C=O) groups is 2. The summed E-state index contributed by atoms with van der Waals surface area (Å²) >= 11 is 0. The lowest BCUT2D eigenvalue weighted by atomic mass is 10.0. The number of amides is 2. The smallest absolute Gasteiger partial charge is 0.416 e. The van der Waals surface area contributed by atoms with Crippen molar-refractivity contribution < 1.29 is 27.9 Å². The molecule has 1 aliphatic heterocycles. The number of nitrogens with zero attached hydrogens (tertiary/aromatic N) is 3. The predicted octanol–water partition coefficient (Wildman–Crippen LogP) is 4.30. The topological polar surface area (TPSA) is 129 Å². The van der Waals surface area contributed by atoms with Crippen LogP contribution in [0.4, 0.5) is 35.3 Å². The van der Waals surface area contributed by atoms with Gasteiger partial charge in [0.25, 0.3) is 0 Å². The number of carboxylic acid groups (broad SMARTS) is 1. The first-order valence-electron chi connectivity index (χ1n) is 10.7. The SMILES string of the molecule is Cc1ncc(CCCNC(=O)O)cc1Nc1ncc2c(n1)-c1ccc(C(F)(F)F)cc1NC(=O)C2. The summed E-state index contributed by atoms with van der Waals surface area (Å²) < 4.78 is 39.5. The van der Waals surface area contributed by atoms with Crippen LogP contribution in [0, 0.1) is 6.92 Å². The number of fused-ring (bicyclic) bond motifs is 3. The number of anilines is 3.